The summed E-state index contributed by atoms with van der Waals surface area (Å²) in [6.07, 6.45) is 0.00296. The lowest BCUT2D eigenvalue weighted by Gasteiger charge is -2.21. The van der Waals surface area contributed by atoms with Crippen LogP contribution in [0.25, 0.3) is 11.2 Å². The Morgan fingerprint density at radius 2 is 1.97 bits per heavy atom. The van der Waals surface area contributed by atoms with Gasteiger partial charge in [0.15, 0.2) is 23.2 Å². The van der Waals surface area contributed by atoms with Crippen LogP contribution in [0.2, 0.25) is 0 Å². The van der Waals surface area contributed by atoms with Crippen molar-refractivity contribution in [1.29, 1.82) is 0 Å². The molecule has 204 valence electrons. The first-order chi connectivity index (χ1) is 18.2. The average molecular weight is 529 g/mol. The number of nitrogens with two attached hydrogens (primary N) is 1. The highest BCUT2D eigenvalue weighted by atomic mass is 16.5. The highest BCUT2D eigenvalue weighted by Gasteiger charge is 2.45. The maximum absolute atomic E-state index is 12.6. The second-order valence-corrected chi connectivity index (χ2v) is 9.12. The number of nitrogens with one attached hydrogen (secondary N) is 2. The first-order valence-corrected chi connectivity index (χ1v) is 12.0. The van der Waals surface area contributed by atoms with Crippen LogP contribution in [0.15, 0.2) is 36.9 Å². The molecule has 38 heavy (non-hydrogen) atoms. The molecule has 0 aliphatic carbocycles. The molecule has 1 aliphatic heterocycles. The van der Waals surface area contributed by atoms with Gasteiger partial charge in [-0.25, -0.2) is 15.0 Å². The second kappa shape index (κ2) is 11.7. The largest absolute Gasteiger partial charge is 0.497 e. The van der Waals surface area contributed by atoms with Crippen LogP contribution in [0.5, 0.6) is 5.75 Å². The molecular formula is C24H32N8O6. The Kier molecular flexibility index (Phi) is 8.36. The Balaban J connectivity index is 1.36. The molecule has 1 saturated heterocycles. The lowest BCUT2D eigenvalue weighted by molar-refractivity contribution is -0.127. The van der Waals surface area contributed by atoms with Crippen LogP contribution in [-0.2, 0) is 20.7 Å². The number of carbonyl (C=O) groups excluding carboxylic acids is 2. The van der Waals surface area contributed by atoms with Crippen molar-refractivity contribution >= 4 is 28.8 Å². The van der Waals surface area contributed by atoms with Gasteiger partial charge in [-0.15, -0.1) is 0 Å². The first kappa shape index (κ1) is 27.2. The predicted molar refractivity (Wildman–Crippen MR) is 136 cm³/mol. The number of rotatable bonds is 10. The fourth-order valence-corrected chi connectivity index (χ4v) is 4.30. The third kappa shape index (κ3) is 5.67. The quantitative estimate of drug-likeness (QED) is 0.202. The number of aromatic nitrogens is 4. The maximum Gasteiger partial charge on any atom is 0.239 e. The number of hydrogen-bond donors (Lipinski definition) is 5. The van der Waals surface area contributed by atoms with Crippen molar-refractivity contribution in [3.63, 3.8) is 0 Å². The summed E-state index contributed by atoms with van der Waals surface area (Å²) in [6.45, 7) is -0.823. The molecule has 3 aromatic rings. The summed E-state index contributed by atoms with van der Waals surface area (Å²) in [7, 11) is 5.20. The number of aliphatic hydroxyl groups excluding tert-OH is 2. The Morgan fingerprint density at radius 1 is 1.24 bits per heavy atom. The summed E-state index contributed by atoms with van der Waals surface area (Å²) in [5, 5.41) is 26.0. The fraction of sp³-hybridized carbons (Fsp3) is 0.458. The molecule has 1 unspecified atom stereocenters. The number of fused-ring (bicyclic) bond motifs is 1. The van der Waals surface area contributed by atoms with E-state index >= 15 is 0 Å². The van der Waals surface area contributed by atoms with E-state index in [-0.39, 0.29) is 13.0 Å². The Morgan fingerprint density at radius 3 is 2.63 bits per heavy atom. The van der Waals surface area contributed by atoms with Gasteiger partial charge in [-0.1, -0.05) is 12.1 Å². The molecule has 5 atom stereocenters. The molecule has 0 radical (unpaired) electrons. The average Bonchev–Trinajstić information content (AvgIpc) is 3.48. The zero-order valence-corrected chi connectivity index (χ0v) is 21.3. The number of nitrogens with zero attached hydrogens (tertiary/aromatic N) is 5. The van der Waals surface area contributed by atoms with Crippen molar-refractivity contribution in [2.24, 2.45) is 5.73 Å². The molecule has 4 rings (SSSR count). The van der Waals surface area contributed by atoms with E-state index in [0.717, 1.165) is 5.56 Å². The molecule has 1 aliphatic rings. The lowest BCUT2D eigenvalue weighted by atomic mass is 10.1. The van der Waals surface area contributed by atoms with Gasteiger partial charge in [-0.05, 0) is 24.1 Å². The minimum absolute atomic E-state index is 0.277. The number of aliphatic hydroxyl groups is 2. The van der Waals surface area contributed by atoms with Crippen LogP contribution in [0.1, 0.15) is 11.8 Å². The van der Waals surface area contributed by atoms with Gasteiger partial charge in [0.25, 0.3) is 0 Å². The molecule has 0 saturated carbocycles. The predicted octanol–water partition coefficient (Wildman–Crippen LogP) is -1.68. The molecule has 14 nitrogen and oxygen atoms in total. The van der Waals surface area contributed by atoms with Gasteiger partial charge in [-0.3, -0.25) is 14.2 Å². The lowest BCUT2D eigenvalue weighted by Crippen LogP contribution is -2.52. The summed E-state index contributed by atoms with van der Waals surface area (Å²) in [5.74, 6) is 0.204. The van der Waals surface area contributed by atoms with Crippen molar-refractivity contribution in [3.05, 3.63) is 42.5 Å². The van der Waals surface area contributed by atoms with Gasteiger partial charge in [0.1, 0.15) is 24.3 Å². The van der Waals surface area contributed by atoms with Crippen LogP contribution in [0.4, 0.5) is 5.82 Å². The summed E-state index contributed by atoms with van der Waals surface area (Å²) >= 11 is 0. The minimum Gasteiger partial charge on any atom is -0.497 e. The van der Waals surface area contributed by atoms with E-state index in [2.05, 4.69) is 25.6 Å². The van der Waals surface area contributed by atoms with Crippen LogP contribution in [0.3, 0.4) is 0 Å². The molecular weight excluding hydrogens is 496 g/mol. The van der Waals surface area contributed by atoms with E-state index in [0.29, 0.717) is 22.7 Å². The third-order valence-corrected chi connectivity index (χ3v) is 6.29. The Hall–Kier alpha value is -3.85. The topological polar surface area (TPSA) is 190 Å². The van der Waals surface area contributed by atoms with Crippen LogP contribution >= 0.6 is 0 Å². The number of benzene rings is 1. The molecule has 0 bridgehead atoms. The number of ether oxygens (including phenoxy) is 2. The number of hydrogen-bond acceptors (Lipinski definition) is 11. The zero-order chi connectivity index (χ0) is 27.4. The number of methoxy groups -OCH3 is 1. The summed E-state index contributed by atoms with van der Waals surface area (Å²) < 4.78 is 12.5. The molecule has 2 amide bonds. The fourth-order valence-electron chi connectivity index (χ4n) is 4.30. The molecule has 0 spiro atoms. The molecule has 14 heteroatoms. The standard InChI is InChI=1S/C24H32N8O6/c1-31(2)21-19-22(28-11-27-21)32(12-29-19)24-20(35)18(16(10-33)38-24)30-17(34)9-26-23(36)15(25)8-13-4-6-14(37-3)7-5-13/h4-7,11-12,15-16,18,20,24,33,35H,8-10,25H2,1-3H3,(H,26,36)(H,30,34)/t15-,16+,18?,20-,24+/m0/s1. The van der Waals surface area contributed by atoms with Gasteiger partial charge < -0.3 is 41.0 Å². The number of imidazole rings is 1. The summed E-state index contributed by atoms with van der Waals surface area (Å²) in [5.41, 5.74) is 7.77. The molecule has 6 N–H and O–H groups in total. The van der Waals surface area contributed by atoms with Crippen molar-refractivity contribution in [2.45, 2.75) is 36.9 Å². The third-order valence-electron chi connectivity index (χ3n) is 6.29. The van der Waals surface area contributed by atoms with E-state index in [1.807, 2.05) is 26.2 Å². The van der Waals surface area contributed by atoms with Crippen LogP contribution in [-0.4, -0.2) is 100 Å². The van der Waals surface area contributed by atoms with E-state index in [1.165, 1.54) is 17.2 Å². The van der Waals surface area contributed by atoms with Crippen LogP contribution < -0.4 is 26.0 Å². The normalized spacial score (nSPS) is 21.7. The van der Waals surface area contributed by atoms with E-state index in [9.17, 15) is 19.8 Å². The number of anilines is 1. The highest BCUT2D eigenvalue weighted by Crippen LogP contribution is 2.32. The van der Waals surface area contributed by atoms with Crippen molar-refractivity contribution < 1.29 is 29.3 Å². The first-order valence-electron chi connectivity index (χ1n) is 12.0. The molecule has 2 aromatic heterocycles. The summed E-state index contributed by atoms with van der Waals surface area (Å²) in [4.78, 5) is 39.6. The van der Waals surface area contributed by atoms with Gasteiger partial charge in [0.05, 0.1) is 38.7 Å². The van der Waals surface area contributed by atoms with E-state index in [1.54, 1.807) is 24.1 Å². The maximum atomic E-state index is 12.6. The van der Waals surface area contributed by atoms with Gasteiger partial charge in [0, 0.05) is 14.1 Å². The Labute approximate surface area is 218 Å². The van der Waals surface area contributed by atoms with Gasteiger partial charge in [-0.2, -0.15) is 0 Å². The monoisotopic (exact) mass is 528 g/mol. The van der Waals surface area contributed by atoms with Gasteiger partial charge in [0.2, 0.25) is 11.8 Å². The van der Waals surface area contributed by atoms with Crippen molar-refractivity contribution in [1.82, 2.24) is 30.2 Å². The summed E-state index contributed by atoms with van der Waals surface area (Å²) in [6, 6.07) is 5.34. The number of carbonyl (C=O) groups is 2. The second-order valence-electron chi connectivity index (χ2n) is 9.12. The number of amides is 2. The minimum atomic E-state index is -1.24. The van der Waals surface area contributed by atoms with Gasteiger partial charge >= 0.3 is 0 Å². The van der Waals surface area contributed by atoms with Crippen molar-refractivity contribution in [2.75, 3.05) is 39.3 Å². The smallest absolute Gasteiger partial charge is 0.239 e. The molecule has 1 aromatic carbocycles. The van der Waals surface area contributed by atoms with E-state index in [4.69, 9.17) is 15.2 Å². The SMILES string of the molecule is COc1ccc(C[C@H](N)C(=O)NCC(=O)NC2[C@@H](CO)O[C@@H](n3cnc4c(N(C)C)ncnc43)[C@H]2O)cc1. The molecule has 1 fully saturated rings. The van der Waals surface area contributed by atoms with Crippen LogP contribution in [0, 0.1) is 0 Å². The van der Waals surface area contributed by atoms with Crippen molar-refractivity contribution in [3.8, 4) is 5.75 Å². The highest BCUT2D eigenvalue weighted by molar-refractivity contribution is 5.87. The zero-order valence-electron chi connectivity index (χ0n) is 21.3. The Bertz CT molecular complexity index is 1270. The molecule has 3 heterocycles. The van der Waals surface area contributed by atoms with E-state index < -0.39 is 48.9 Å².